The average Bonchev–Trinajstić information content (AvgIpc) is 2.64. The van der Waals surface area contributed by atoms with Gasteiger partial charge in [-0.15, -0.1) is 0 Å². The van der Waals surface area contributed by atoms with Crippen molar-refractivity contribution >= 4 is 15.2 Å². The first-order valence-electron chi connectivity index (χ1n) is 7.20. The number of fused-ring (bicyclic) bond motifs is 2. The first-order chi connectivity index (χ1) is 9.13. The van der Waals surface area contributed by atoms with Crippen molar-refractivity contribution < 1.29 is 9.90 Å². The standard InChI is InChI=1S/C14H25N2O2P/c1-11(18)13-5-2-4-12-6-7-14(13)16(12)9-3-8-15(19)10-17/h5,12,14,17H,2-4,6-10,19H2,1H3/t12-,14?/m0/s1. The summed E-state index contributed by atoms with van der Waals surface area (Å²) in [6, 6.07) is 0.988. The van der Waals surface area contributed by atoms with Gasteiger partial charge >= 0.3 is 0 Å². The van der Waals surface area contributed by atoms with Crippen LogP contribution in [0.3, 0.4) is 0 Å². The Balaban J connectivity index is 1.96. The van der Waals surface area contributed by atoms with E-state index < -0.39 is 0 Å². The molecule has 5 heteroatoms. The second-order valence-electron chi connectivity index (χ2n) is 5.59. The van der Waals surface area contributed by atoms with Crippen molar-refractivity contribution in [1.29, 1.82) is 0 Å². The molecule has 2 aliphatic rings. The molecule has 0 spiro atoms. The van der Waals surface area contributed by atoms with Gasteiger partial charge < -0.3 is 5.11 Å². The molecule has 3 atom stereocenters. The Morgan fingerprint density at radius 3 is 3.00 bits per heavy atom. The molecule has 0 saturated carbocycles. The van der Waals surface area contributed by atoms with E-state index in [2.05, 4.69) is 20.4 Å². The van der Waals surface area contributed by atoms with E-state index in [1.165, 1.54) is 12.8 Å². The van der Waals surface area contributed by atoms with Crippen LogP contribution in [-0.2, 0) is 4.79 Å². The number of nitrogens with zero attached hydrogens (tertiary/aromatic N) is 2. The van der Waals surface area contributed by atoms with Crippen LogP contribution in [0.25, 0.3) is 0 Å². The number of aliphatic hydroxyl groups is 1. The summed E-state index contributed by atoms with van der Waals surface area (Å²) in [6.07, 6.45) is 7.76. The van der Waals surface area contributed by atoms with Crippen LogP contribution in [0.15, 0.2) is 11.6 Å². The predicted molar refractivity (Wildman–Crippen MR) is 79.6 cm³/mol. The molecule has 1 N–H and O–H groups in total. The summed E-state index contributed by atoms with van der Waals surface area (Å²) >= 11 is 0. The normalized spacial score (nSPS) is 27.5. The lowest BCUT2D eigenvalue weighted by molar-refractivity contribution is -0.114. The molecular formula is C14H25N2O2P. The Hall–Kier alpha value is -0.280. The zero-order chi connectivity index (χ0) is 13.8. The third kappa shape index (κ3) is 3.63. The van der Waals surface area contributed by atoms with E-state index in [0.717, 1.165) is 37.9 Å². The van der Waals surface area contributed by atoms with Gasteiger partial charge in [0.25, 0.3) is 0 Å². The van der Waals surface area contributed by atoms with E-state index >= 15 is 0 Å². The lowest BCUT2D eigenvalue weighted by Gasteiger charge is -2.29. The molecule has 1 fully saturated rings. The van der Waals surface area contributed by atoms with Crippen LogP contribution in [0.5, 0.6) is 0 Å². The van der Waals surface area contributed by atoms with Gasteiger partial charge in [-0.3, -0.25) is 14.4 Å². The molecule has 4 nitrogen and oxygen atoms in total. The third-order valence-electron chi connectivity index (χ3n) is 4.32. The van der Waals surface area contributed by atoms with E-state index in [0.29, 0.717) is 12.1 Å². The van der Waals surface area contributed by atoms with Crippen LogP contribution in [0.4, 0.5) is 0 Å². The molecule has 0 aromatic heterocycles. The van der Waals surface area contributed by atoms with Crippen LogP contribution in [0.1, 0.15) is 39.0 Å². The van der Waals surface area contributed by atoms with Gasteiger partial charge in [0.2, 0.25) is 0 Å². The van der Waals surface area contributed by atoms with Gasteiger partial charge in [0.05, 0.1) is 6.73 Å². The summed E-state index contributed by atoms with van der Waals surface area (Å²) in [7, 11) is 2.54. The molecule has 2 bridgehead atoms. The quantitative estimate of drug-likeness (QED) is 0.594. The molecular weight excluding hydrogens is 259 g/mol. The van der Waals surface area contributed by atoms with Crippen LogP contribution >= 0.6 is 9.39 Å². The molecule has 2 unspecified atom stereocenters. The number of carbonyl (C=O) groups is 1. The Labute approximate surface area is 118 Å². The molecule has 0 radical (unpaired) electrons. The van der Waals surface area contributed by atoms with E-state index in [1.54, 1.807) is 6.92 Å². The zero-order valence-electron chi connectivity index (χ0n) is 11.7. The molecule has 2 aliphatic heterocycles. The van der Waals surface area contributed by atoms with Crippen molar-refractivity contribution in [2.75, 3.05) is 19.8 Å². The van der Waals surface area contributed by atoms with Gasteiger partial charge in [-0.1, -0.05) is 15.5 Å². The largest absolute Gasteiger partial charge is 0.381 e. The Kier molecular flexibility index (Phi) is 5.52. The number of aliphatic hydroxyl groups excluding tert-OH is 1. The molecule has 1 saturated heterocycles. The van der Waals surface area contributed by atoms with E-state index in [1.807, 2.05) is 4.67 Å². The number of rotatable bonds is 6. The maximum Gasteiger partial charge on any atom is 0.157 e. The van der Waals surface area contributed by atoms with Gasteiger partial charge in [-0.2, -0.15) is 0 Å². The lowest BCUT2D eigenvalue weighted by Crippen LogP contribution is -2.38. The Morgan fingerprint density at radius 2 is 2.32 bits per heavy atom. The smallest absolute Gasteiger partial charge is 0.157 e. The maximum absolute atomic E-state index is 11.8. The number of hydrogen-bond donors (Lipinski definition) is 1. The van der Waals surface area contributed by atoms with Crippen molar-refractivity contribution in [2.45, 2.75) is 51.1 Å². The second-order valence-corrected chi connectivity index (χ2v) is 6.32. The SMILES string of the molecule is CC(=O)C1=CCC[C@H]2CCC1N2CCCN(P)CO. The van der Waals surface area contributed by atoms with Crippen molar-refractivity contribution in [3.63, 3.8) is 0 Å². The topological polar surface area (TPSA) is 43.8 Å². The highest BCUT2D eigenvalue weighted by atomic mass is 31.0. The molecule has 2 heterocycles. The Bertz CT molecular complexity index is 359. The first kappa shape index (κ1) is 15.1. The monoisotopic (exact) mass is 284 g/mol. The van der Waals surface area contributed by atoms with Crippen LogP contribution in [-0.4, -0.2) is 52.4 Å². The molecule has 19 heavy (non-hydrogen) atoms. The van der Waals surface area contributed by atoms with E-state index in [9.17, 15) is 4.79 Å². The highest BCUT2D eigenvalue weighted by molar-refractivity contribution is 7.13. The highest BCUT2D eigenvalue weighted by Gasteiger charge is 2.37. The van der Waals surface area contributed by atoms with Gasteiger partial charge in [0.1, 0.15) is 0 Å². The third-order valence-corrected chi connectivity index (χ3v) is 4.74. The molecule has 0 aromatic rings. The summed E-state index contributed by atoms with van der Waals surface area (Å²) in [5, 5.41) is 8.99. The summed E-state index contributed by atoms with van der Waals surface area (Å²) in [5.41, 5.74) is 1.03. The zero-order valence-corrected chi connectivity index (χ0v) is 12.9. The predicted octanol–water partition coefficient (Wildman–Crippen LogP) is 1.56. The second kappa shape index (κ2) is 6.94. The molecule has 0 amide bonds. The summed E-state index contributed by atoms with van der Waals surface area (Å²) in [6.45, 7) is 3.66. The van der Waals surface area contributed by atoms with Gasteiger partial charge in [-0.05, 0) is 39.0 Å². The molecule has 0 aromatic carbocycles. The van der Waals surface area contributed by atoms with E-state index in [4.69, 9.17) is 5.11 Å². The summed E-state index contributed by atoms with van der Waals surface area (Å²) in [5.74, 6) is 0.237. The van der Waals surface area contributed by atoms with Crippen LogP contribution in [0.2, 0.25) is 0 Å². The van der Waals surface area contributed by atoms with Crippen molar-refractivity contribution in [3.05, 3.63) is 11.6 Å². The minimum Gasteiger partial charge on any atom is -0.381 e. The Morgan fingerprint density at radius 1 is 1.53 bits per heavy atom. The van der Waals surface area contributed by atoms with Crippen molar-refractivity contribution in [1.82, 2.24) is 9.57 Å². The minimum atomic E-state index is 0.0795. The summed E-state index contributed by atoms with van der Waals surface area (Å²) in [4.78, 5) is 14.3. The number of hydrogen-bond acceptors (Lipinski definition) is 4. The van der Waals surface area contributed by atoms with Crippen molar-refractivity contribution in [2.24, 2.45) is 0 Å². The molecule has 2 rings (SSSR count). The van der Waals surface area contributed by atoms with Gasteiger partial charge in [0.15, 0.2) is 5.78 Å². The van der Waals surface area contributed by atoms with Crippen molar-refractivity contribution in [3.8, 4) is 0 Å². The average molecular weight is 284 g/mol. The minimum absolute atomic E-state index is 0.0795. The maximum atomic E-state index is 11.8. The van der Waals surface area contributed by atoms with Crippen LogP contribution in [0, 0.1) is 0 Å². The molecule has 108 valence electrons. The summed E-state index contributed by atoms with van der Waals surface area (Å²) < 4.78 is 1.83. The lowest BCUT2D eigenvalue weighted by atomic mass is 9.97. The van der Waals surface area contributed by atoms with Gasteiger partial charge in [0, 0.05) is 30.7 Å². The number of allylic oxidation sites excluding steroid dienone is 1. The number of Topliss-reactive ketones (excluding diaryl/α,β-unsaturated/α-hetero) is 1. The highest BCUT2D eigenvalue weighted by Crippen LogP contribution is 2.35. The van der Waals surface area contributed by atoms with Crippen LogP contribution < -0.4 is 0 Å². The van der Waals surface area contributed by atoms with E-state index in [-0.39, 0.29) is 12.5 Å². The van der Waals surface area contributed by atoms with Gasteiger partial charge in [-0.25, -0.2) is 0 Å². The first-order valence-corrected chi connectivity index (χ1v) is 7.72. The fraction of sp³-hybridized carbons (Fsp3) is 0.786. The fourth-order valence-electron chi connectivity index (χ4n) is 3.39. The number of carbonyl (C=O) groups excluding carboxylic acids is 1. The fourth-order valence-corrected chi connectivity index (χ4v) is 3.57. The number of ketones is 1. The molecule has 0 aliphatic carbocycles.